The lowest BCUT2D eigenvalue weighted by Gasteiger charge is -2.17. The van der Waals surface area contributed by atoms with Crippen LogP contribution in [0.15, 0.2) is 54.7 Å². The molecule has 6 nitrogen and oxygen atoms in total. The number of para-hydroxylation sites is 2. The van der Waals surface area contributed by atoms with Crippen molar-refractivity contribution < 1.29 is 0 Å². The maximum Gasteiger partial charge on any atom is 0.201 e. The molecule has 0 saturated heterocycles. The number of fused-ring (bicyclic) bond motifs is 2. The van der Waals surface area contributed by atoms with E-state index in [1.165, 1.54) is 0 Å². The molecular weight excluding hydrogens is 396 g/mol. The molecule has 2 aromatic carbocycles. The fraction of sp³-hybridized carbons (Fsp3) is 0.304. The molecule has 0 spiro atoms. The minimum absolute atomic E-state index is 0.712. The summed E-state index contributed by atoms with van der Waals surface area (Å²) in [6.07, 6.45) is 3.96. The van der Waals surface area contributed by atoms with Gasteiger partial charge in [0, 0.05) is 35.4 Å². The Morgan fingerprint density at radius 1 is 0.967 bits per heavy atom. The first-order valence-corrected chi connectivity index (χ1v) is 10.7. The molecular formula is C23H27ClN6. The van der Waals surface area contributed by atoms with Gasteiger partial charge < -0.3 is 20.5 Å². The number of H-pyrrole nitrogens is 1. The highest BCUT2D eigenvalue weighted by Crippen LogP contribution is 2.24. The number of hydrogen-bond donors (Lipinski definition) is 3. The highest BCUT2D eigenvalue weighted by Gasteiger charge is 2.04. The lowest BCUT2D eigenvalue weighted by Crippen LogP contribution is -2.24. The fourth-order valence-electron chi connectivity index (χ4n) is 3.55. The lowest BCUT2D eigenvalue weighted by molar-refractivity contribution is 0.331. The Labute approximate surface area is 181 Å². The molecule has 156 valence electrons. The van der Waals surface area contributed by atoms with Gasteiger partial charge in [-0.1, -0.05) is 23.7 Å². The normalized spacial score (nSPS) is 11.4. The van der Waals surface area contributed by atoms with Crippen molar-refractivity contribution in [1.82, 2.24) is 19.9 Å². The zero-order valence-electron chi connectivity index (χ0n) is 17.2. The second-order valence-corrected chi connectivity index (χ2v) is 7.92. The van der Waals surface area contributed by atoms with Crippen molar-refractivity contribution in [3.05, 3.63) is 59.8 Å². The highest BCUT2D eigenvalue weighted by molar-refractivity contribution is 6.31. The number of aromatic nitrogens is 3. The summed E-state index contributed by atoms with van der Waals surface area (Å²) in [4.78, 5) is 14.6. The average Bonchev–Trinajstić information content (AvgIpc) is 3.17. The molecule has 0 aliphatic heterocycles. The van der Waals surface area contributed by atoms with Crippen LogP contribution in [-0.4, -0.2) is 53.1 Å². The van der Waals surface area contributed by atoms with Gasteiger partial charge in [-0.25, -0.2) is 4.98 Å². The average molecular weight is 423 g/mol. The smallest absolute Gasteiger partial charge is 0.201 e. The molecule has 7 heteroatoms. The molecule has 3 N–H and O–H groups in total. The van der Waals surface area contributed by atoms with Gasteiger partial charge in [-0.05, 0) is 69.4 Å². The van der Waals surface area contributed by atoms with Gasteiger partial charge >= 0.3 is 0 Å². The molecule has 2 heterocycles. The number of aromatic amines is 1. The number of nitrogens with one attached hydrogen (secondary N) is 3. The summed E-state index contributed by atoms with van der Waals surface area (Å²) in [5, 5.41) is 8.72. The predicted octanol–water partition coefficient (Wildman–Crippen LogP) is 5.00. The van der Waals surface area contributed by atoms with Crippen LogP contribution in [-0.2, 0) is 0 Å². The van der Waals surface area contributed by atoms with E-state index in [4.69, 9.17) is 11.6 Å². The number of benzene rings is 2. The Morgan fingerprint density at radius 2 is 1.77 bits per heavy atom. The third kappa shape index (κ3) is 5.20. The van der Waals surface area contributed by atoms with E-state index in [1.54, 1.807) is 0 Å². The van der Waals surface area contributed by atoms with Crippen LogP contribution in [0, 0.1) is 0 Å². The van der Waals surface area contributed by atoms with E-state index in [0.29, 0.717) is 5.02 Å². The second-order valence-electron chi connectivity index (χ2n) is 7.49. The summed E-state index contributed by atoms with van der Waals surface area (Å²) in [6, 6.07) is 15.9. The van der Waals surface area contributed by atoms with Gasteiger partial charge in [0.15, 0.2) is 0 Å². The maximum atomic E-state index is 6.06. The van der Waals surface area contributed by atoms with Crippen molar-refractivity contribution in [1.29, 1.82) is 0 Å². The molecule has 0 unspecified atom stereocenters. The molecule has 0 aliphatic rings. The summed E-state index contributed by atoms with van der Waals surface area (Å²) in [5.41, 5.74) is 4.08. The zero-order chi connectivity index (χ0) is 20.8. The molecule has 0 amide bonds. The van der Waals surface area contributed by atoms with Gasteiger partial charge in [0.1, 0.15) is 0 Å². The van der Waals surface area contributed by atoms with Crippen LogP contribution in [0.5, 0.6) is 0 Å². The Morgan fingerprint density at radius 3 is 2.60 bits per heavy atom. The number of nitrogens with zero attached hydrogens (tertiary/aromatic N) is 3. The van der Waals surface area contributed by atoms with Crippen LogP contribution in [0.4, 0.5) is 11.6 Å². The van der Waals surface area contributed by atoms with Crippen molar-refractivity contribution in [2.45, 2.75) is 12.8 Å². The fourth-order valence-corrected chi connectivity index (χ4v) is 3.72. The van der Waals surface area contributed by atoms with Gasteiger partial charge in [-0.3, -0.25) is 4.98 Å². The second kappa shape index (κ2) is 9.78. The third-order valence-electron chi connectivity index (χ3n) is 5.14. The van der Waals surface area contributed by atoms with Crippen LogP contribution in [0.2, 0.25) is 5.02 Å². The molecule has 2 aromatic heterocycles. The van der Waals surface area contributed by atoms with Crippen molar-refractivity contribution in [3.63, 3.8) is 0 Å². The predicted molar refractivity (Wildman–Crippen MR) is 127 cm³/mol. The van der Waals surface area contributed by atoms with E-state index in [9.17, 15) is 0 Å². The molecule has 0 atom stereocenters. The minimum atomic E-state index is 0.712. The summed E-state index contributed by atoms with van der Waals surface area (Å²) < 4.78 is 0. The van der Waals surface area contributed by atoms with Crippen molar-refractivity contribution in [2.24, 2.45) is 0 Å². The monoisotopic (exact) mass is 422 g/mol. The van der Waals surface area contributed by atoms with Crippen LogP contribution >= 0.6 is 11.6 Å². The van der Waals surface area contributed by atoms with Gasteiger partial charge in [0.25, 0.3) is 0 Å². The Hall–Kier alpha value is -2.83. The number of imidazole rings is 1. The Bertz CT molecular complexity index is 1080. The summed E-state index contributed by atoms with van der Waals surface area (Å²) in [5.74, 6) is 0.842. The largest absolute Gasteiger partial charge is 0.384 e. The van der Waals surface area contributed by atoms with Gasteiger partial charge in [0.05, 0.1) is 16.6 Å². The van der Waals surface area contributed by atoms with Crippen LogP contribution in [0.1, 0.15) is 12.8 Å². The summed E-state index contributed by atoms with van der Waals surface area (Å²) >= 11 is 6.06. The number of pyridine rings is 1. The number of hydrogen-bond acceptors (Lipinski definition) is 5. The van der Waals surface area contributed by atoms with Gasteiger partial charge in [-0.15, -0.1) is 0 Å². The van der Waals surface area contributed by atoms with Crippen molar-refractivity contribution in [3.8, 4) is 0 Å². The molecule has 0 bridgehead atoms. The summed E-state index contributed by atoms with van der Waals surface area (Å²) in [7, 11) is 2.17. The van der Waals surface area contributed by atoms with E-state index in [0.717, 1.165) is 72.6 Å². The van der Waals surface area contributed by atoms with Crippen LogP contribution in [0.3, 0.4) is 0 Å². The number of anilines is 2. The van der Waals surface area contributed by atoms with Crippen molar-refractivity contribution >= 4 is 45.2 Å². The van der Waals surface area contributed by atoms with Gasteiger partial charge in [-0.2, -0.15) is 0 Å². The first-order chi connectivity index (χ1) is 14.7. The van der Waals surface area contributed by atoms with E-state index in [1.807, 2.05) is 54.7 Å². The van der Waals surface area contributed by atoms with E-state index < -0.39 is 0 Å². The standard InChI is InChI=1S/C23H27ClN6/c1-30(15-5-12-27-23-28-20-6-2-3-7-21(20)29-23)14-4-11-25-19-10-13-26-22-16-17(24)8-9-18(19)22/h2-3,6-10,13,16H,4-5,11-12,14-15H2,1H3,(H,25,26)(H2,27,28,29). The first-order valence-electron chi connectivity index (χ1n) is 10.3. The molecule has 30 heavy (non-hydrogen) atoms. The quantitative estimate of drug-likeness (QED) is 0.314. The zero-order valence-corrected chi connectivity index (χ0v) is 17.9. The molecule has 4 rings (SSSR count). The molecule has 0 fully saturated rings. The number of halogens is 1. The van der Waals surface area contributed by atoms with Crippen LogP contribution in [0.25, 0.3) is 21.9 Å². The van der Waals surface area contributed by atoms with E-state index in [2.05, 4.69) is 37.5 Å². The minimum Gasteiger partial charge on any atom is -0.384 e. The molecule has 4 aromatic rings. The van der Waals surface area contributed by atoms with Crippen molar-refractivity contribution in [2.75, 3.05) is 43.9 Å². The summed E-state index contributed by atoms with van der Waals surface area (Å²) in [6.45, 7) is 3.91. The lowest BCUT2D eigenvalue weighted by atomic mass is 10.2. The maximum absolute atomic E-state index is 6.06. The SMILES string of the molecule is CN(CCCNc1nc2ccccc2[nH]1)CCCNc1ccnc2cc(Cl)ccc12. The first kappa shape index (κ1) is 20.4. The highest BCUT2D eigenvalue weighted by atomic mass is 35.5. The van der Waals surface area contributed by atoms with E-state index in [-0.39, 0.29) is 0 Å². The Balaban J connectivity index is 1.14. The molecule has 0 aliphatic carbocycles. The molecule has 0 radical (unpaired) electrons. The molecule has 0 saturated carbocycles. The Kier molecular flexibility index (Phi) is 6.67. The number of rotatable bonds is 10. The van der Waals surface area contributed by atoms with E-state index >= 15 is 0 Å². The topological polar surface area (TPSA) is 68.9 Å². The third-order valence-corrected chi connectivity index (χ3v) is 5.37. The van der Waals surface area contributed by atoms with Gasteiger partial charge in [0.2, 0.25) is 5.95 Å². The van der Waals surface area contributed by atoms with Crippen LogP contribution < -0.4 is 10.6 Å².